The minimum atomic E-state index is -0.985. The van der Waals surface area contributed by atoms with Gasteiger partial charge >= 0.3 is 17.8 Å². The van der Waals surface area contributed by atoms with E-state index >= 15 is 0 Å². The molecule has 0 N–H and O–H groups in total. The molecule has 0 radical (unpaired) electrons. The van der Waals surface area contributed by atoms with Crippen LogP contribution in [0.1, 0.15) is 10.4 Å². The van der Waals surface area contributed by atoms with Gasteiger partial charge in [-0.2, -0.15) is 0 Å². The fourth-order valence-electron chi connectivity index (χ4n) is 1.84. The summed E-state index contributed by atoms with van der Waals surface area (Å²) in [6, 6.07) is 7.47. The molecule has 6 nitrogen and oxygen atoms in total. The third-order valence-electron chi connectivity index (χ3n) is 2.84. The van der Waals surface area contributed by atoms with Crippen molar-refractivity contribution in [2.45, 2.75) is 0 Å². The lowest BCUT2D eigenvalue weighted by atomic mass is 10.1. The Bertz CT molecular complexity index is 594. The van der Waals surface area contributed by atoms with Crippen molar-refractivity contribution in [1.29, 1.82) is 0 Å². The third-order valence-corrected chi connectivity index (χ3v) is 2.84. The van der Waals surface area contributed by atoms with E-state index in [1.165, 1.54) is 6.08 Å². The number of imide groups is 2. The first-order chi connectivity index (χ1) is 9.56. The van der Waals surface area contributed by atoms with Gasteiger partial charge in [0.2, 0.25) is 0 Å². The van der Waals surface area contributed by atoms with Crippen molar-refractivity contribution in [3.05, 3.63) is 48.6 Å². The van der Waals surface area contributed by atoms with Crippen molar-refractivity contribution < 1.29 is 19.2 Å². The van der Waals surface area contributed by atoms with Crippen LogP contribution in [0.5, 0.6) is 0 Å². The Morgan fingerprint density at radius 1 is 1.05 bits per heavy atom. The highest BCUT2D eigenvalue weighted by Gasteiger charge is 2.44. The Balaban J connectivity index is 2.16. The first-order valence-corrected chi connectivity index (χ1v) is 5.92. The van der Waals surface area contributed by atoms with E-state index in [1.807, 2.05) is 0 Å². The summed E-state index contributed by atoms with van der Waals surface area (Å²) in [6.45, 7) is 2.91. The molecule has 0 aromatic heterocycles. The molecule has 0 unspecified atom stereocenters. The molecule has 4 amide bonds. The zero-order valence-corrected chi connectivity index (χ0v) is 10.6. The van der Waals surface area contributed by atoms with Gasteiger partial charge in [-0.3, -0.25) is 19.3 Å². The van der Waals surface area contributed by atoms with E-state index in [1.54, 1.807) is 30.3 Å². The Kier molecular flexibility index (Phi) is 3.74. The molecule has 1 saturated heterocycles. The Hall–Kier alpha value is -2.76. The van der Waals surface area contributed by atoms with E-state index in [0.29, 0.717) is 10.5 Å². The number of Topliss-reactive ketones (excluding diaryl/α,β-unsaturated/α-hetero) is 1. The minimum Gasteiger partial charge on any atom is -0.292 e. The second kappa shape index (κ2) is 5.48. The molecule has 0 aliphatic carbocycles. The molecule has 1 aromatic carbocycles. The third kappa shape index (κ3) is 2.35. The number of carbonyl (C=O) groups is 4. The maximum atomic E-state index is 12.0. The summed E-state index contributed by atoms with van der Waals surface area (Å²) >= 11 is 0. The van der Waals surface area contributed by atoms with Crippen molar-refractivity contribution in [1.82, 2.24) is 9.80 Å². The molecule has 6 heteroatoms. The van der Waals surface area contributed by atoms with E-state index in [9.17, 15) is 19.2 Å². The number of nitrogens with zero attached hydrogens (tertiary/aromatic N) is 2. The maximum Gasteiger partial charge on any atom is 0.334 e. The van der Waals surface area contributed by atoms with Crippen LogP contribution in [0.4, 0.5) is 4.79 Å². The van der Waals surface area contributed by atoms with E-state index in [2.05, 4.69) is 6.58 Å². The highest BCUT2D eigenvalue weighted by Crippen LogP contribution is 2.13. The first kappa shape index (κ1) is 13.7. The SMILES string of the molecule is C=CCN1C(=O)C(=O)N(CC(=O)c2ccccc2)C1=O. The van der Waals surface area contributed by atoms with Crippen molar-refractivity contribution in [2.24, 2.45) is 0 Å². The maximum absolute atomic E-state index is 12.0. The van der Waals surface area contributed by atoms with Gasteiger partial charge < -0.3 is 0 Å². The van der Waals surface area contributed by atoms with Crippen LogP contribution in [0.2, 0.25) is 0 Å². The summed E-state index contributed by atoms with van der Waals surface area (Å²) < 4.78 is 0. The average Bonchev–Trinajstić information content (AvgIpc) is 2.66. The summed E-state index contributed by atoms with van der Waals surface area (Å²) in [5.41, 5.74) is 0.378. The quantitative estimate of drug-likeness (QED) is 0.344. The number of carbonyl (C=O) groups excluding carboxylic acids is 4. The predicted molar refractivity (Wildman–Crippen MR) is 69.8 cm³/mol. The molecular formula is C14H12N2O4. The smallest absolute Gasteiger partial charge is 0.292 e. The van der Waals surface area contributed by atoms with Crippen LogP contribution in [0.15, 0.2) is 43.0 Å². The lowest BCUT2D eigenvalue weighted by molar-refractivity contribution is -0.142. The van der Waals surface area contributed by atoms with Crippen LogP contribution < -0.4 is 0 Å². The molecule has 2 rings (SSSR count). The molecule has 102 valence electrons. The monoisotopic (exact) mass is 272 g/mol. The van der Waals surface area contributed by atoms with Gasteiger partial charge in [-0.05, 0) is 0 Å². The summed E-state index contributed by atoms with van der Waals surface area (Å²) in [6.07, 6.45) is 1.34. The fourth-order valence-corrected chi connectivity index (χ4v) is 1.84. The predicted octanol–water partition coefficient (Wildman–Crippen LogP) is 0.846. The first-order valence-electron chi connectivity index (χ1n) is 5.92. The molecule has 1 aromatic rings. The average molecular weight is 272 g/mol. The van der Waals surface area contributed by atoms with Crippen LogP contribution in [-0.2, 0) is 9.59 Å². The molecular weight excluding hydrogens is 260 g/mol. The van der Waals surface area contributed by atoms with E-state index < -0.39 is 30.2 Å². The molecule has 1 fully saturated rings. The number of hydrogen-bond donors (Lipinski definition) is 0. The lowest BCUT2D eigenvalue weighted by Gasteiger charge is -2.13. The topological polar surface area (TPSA) is 74.8 Å². The Morgan fingerprint density at radius 3 is 2.25 bits per heavy atom. The second-order valence-electron chi connectivity index (χ2n) is 4.17. The van der Waals surface area contributed by atoms with Gasteiger partial charge in [0.15, 0.2) is 5.78 Å². The van der Waals surface area contributed by atoms with E-state index in [-0.39, 0.29) is 6.54 Å². The second-order valence-corrected chi connectivity index (χ2v) is 4.17. The summed E-state index contributed by atoms with van der Waals surface area (Å²) in [5, 5.41) is 0. The Labute approximate surface area is 115 Å². The number of rotatable bonds is 5. The number of hydrogen-bond acceptors (Lipinski definition) is 4. The lowest BCUT2D eigenvalue weighted by Crippen LogP contribution is -2.37. The summed E-state index contributed by atoms with van der Waals surface area (Å²) in [5.74, 6) is -2.32. The molecule has 1 aliphatic heterocycles. The van der Waals surface area contributed by atoms with Crippen molar-refractivity contribution in [2.75, 3.05) is 13.1 Å². The summed E-state index contributed by atoms with van der Waals surface area (Å²) in [4.78, 5) is 48.6. The van der Waals surface area contributed by atoms with Gasteiger partial charge in [0.1, 0.15) is 0 Å². The van der Waals surface area contributed by atoms with Crippen LogP contribution >= 0.6 is 0 Å². The molecule has 0 atom stereocenters. The van der Waals surface area contributed by atoms with Gasteiger partial charge in [0, 0.05) is 12.1 Å². The van der Waals surface area contributed by atoms with Gasteiger partial charge in [-0.15, -0.1) is 6.58 Å². The van der Waals surface area contributed by atoms with Gasteiger partial charge in [0.25, 0.3) is 0 Å². The Morgan fingerprint density at radius 2 is 1.65 bits per heavy atom. The highest BCUT2D eigenvalue weighted by atomic mass is 16.2. The largest absolute Gasteiger partial charge is 0.334 e. The van der Waals surface area contributed by atoms with E-state index in [4.69, 9.17) is 0 Å². The van der Waals surface area contributed by atoms with Gasteiger partial charge in [0.05, 0.1) is 6.54 Å². The van der Waals surface area contributed by atoms with Crippen LogP contribution in [0.3, 0.4) is 0 Å². The minimum absolute atomic E-state index is 0.0561. The van der Waals surface area contributed by atoms with E-state index in [0.717, 1.165) is 4.90 Å². The summed E-state index contributed by atoms with van der Waals surface area (Å²) in [7, 11) is 0. The molecule has 0 saturated carbocycles. The number of ketones is 1. The highest BCUT2D eigenvalue weighted by molar-refractivity contribution is 6.45. The zero-order valence-electron chi connectivity index (χ0n) is 10.6. The zero-order chi connectivity index (χ0) is 14.7. The van der Waals surface area contributed by atoms with Crippen LogP contribution in [0.25, 0.3) is 0 Å². The number of urea groups is 1. The molecule has 20 heavy (non-hydrogen) atoms. The molecule has 0 bridgehead atoms. The number of benzene rings is 1. The number of amides is 4. The van der Waals surface area contributed by atoms with Crippen LogP contribution in [0, 0.1) is 0 Å². The standard InChI is InChI=1S/C14H12N2O4/c1-2-8-15-12(18)13(19)16(14(15)20)9-11(17)10-6-4-3-5-7-10/h2-7H,1,8-9H2. The normalized spacial score (nSPS) is 14.9. The van der Waals surface area contributed by atoms with Crippen molar-refractivity contribution in [3.63, 3.8) is 0 Å². The van der Waals surface area contributed by atoms with Gasteiger partial charge in [-0.1, -0.05) is 36.4 Å². The molecule has 1 aliphatic rings. The van der Waals surface area contributed by atoms with Crippen molar-refractivity contribution >= 4 is 23.6 Å². The fraction of sp³-hybridized carbons (Fsp3) is 0.143. The molecule has 0 spiro atoms. The molecule has 1 heterocycles. The van der Waals surface area contributed by atoms with Crippen molar-refractivity contribution in [3.8, 4) is 0 Å². The van der Waals surface area contributed by atoms with Gasteiger partial charge in [-0.25, -0.2) is 9.69 Å². The van der Waals surface area contributed by atoms with Crippen LogP contribution in [-0.4, -0.2) is 46.5 Å².